The van der Waals surface area contributed by atoms with Gasteiger partial charge in [0.1, 0.15) is 11.5 Å². The molecule has 0 spiro atoms. The van der Waals surface area contributed by atoms with Crippen LogP contribution < -0.4 is 4.74 Å². The van der Waals surface area contributed by atoms with Gasteiger partial charge in [0.2, 0.25) is 0 Å². The number of carbonyl (C=O) groups excluding carboxylic acids is 1. The number of hydrogen-bond acceptors (Lipinski definition) is 4. The fraction of sp³-hybridized carbons (Fsp3) is 0.133. The van der Waals surface area contributed by atoms with E-state index < -0.39 is 21.4 Å². The van der Waals surface area contributed by atoms with Crippen LogP contribution in [0.25, 0.3) is 0 Å². The van der Waals surface area contributed by atoms with Crippen molar-refractivity contribution in [2.24, 2.45) is 0 Å². The van der Waals surface area contributed by atoms with E-state index in [2.05, 4.69) is 15.9 Å². The quantitative estimate of drug-likeness (QED) is 0.760. The standard InChI is InChI=1S/C15H13BrO4S/c1-20-12-8-6-11(7-9-12)14(17)10-21(18,19)15-5-3-2-4-13(15)16/h2-9H,10H2,1H3. The molecule has 0 aliphatic rings. The van der Waals surface area contributed by atoms with E-state index in [4.69, 9.17) is 4.74 Å². The molecule has 0 aromatic heterocycles. The summed E-state index contributed by atoms with van der Waals surface area (Å²) in [5.41, 5.74) is 0.339. The molecule has 0 atom stereocenters. The summed E-state index contributed by atoms with van der Waals surface area (Å²) in [5, 5.41) is 0. The van der Waals surface area contributed by atoms with Gasteiger partial charge in [-0.3, -0.25) is 4.79 Å². The smallest absolute Gasteiger partial charge is 0.186 e. The van der Waals surface area contributed by atoms with Gasteiger partial charge in [0.25, 0.3) is 0 Å². The van der Waals surface area contributed by atoms with E-state index in [1.54, 1.807) is 42.5 Å². The number of carbonyl (C=O) groups is 1. The minimum Gasteiger partial charge on any atom is -0.497 e. The molecular formula is C15H13BrO4S. The number of ketones is 1. The van der Waals surface area contributed by atoms with Gasteiger partial charge >= 0.3 is 0 Å². The van der Waals surface area contributed by atoms with Crippen molar-refractivity contribution < 1.29 is 17.9 Å². The van der Waals surface area contributed by atoms with E-state index in [1.807, 2.05) is 0 Å². The van der Waals surface area contributed by atoms with Gasteiger partial charge in [0, 0.05) is 10.0 Å². The van der Waals surface area contributed by atoms with Crippen LogP contribution in [0, 0.1) is 0 Å². The normalized spacial score (nSPS) is 11.1. The topological polar surface area (TPSA) is 60.4 Å². The predicted octanol–water partition coefficient (Wildman–Crippen LogP) is 3.11. The third kappa shape index (κ3) is 3.71. The van der Waals surface area contributed by atoms with Crippen LogP contribution in [0.1, 0.15) is 10.4 Å². The number of rotatable bonds is 5. The third-order valence-electron chi connectivity index (χ3n) is 2.90. The largest absolute Gasteiger partial charge is 0.497 e. The number of methoxy groups -OCH3 is 1. The minimum atomic E-state index is -3.68. The number of ether oxygens (including phenoxy) is 1. The van der Waals surface area contributed by atoms with Crippen LogP contribution in [0.15, 0.2) is 57.9 Å². The van der Waals surface area contributed by atoms with Crippen molar-refractivity contribution >= 4 is 31.6 Å². The average molecular weight is 369 g/mol. The highest BCUT2D eigenvalue weighted by molar-refractivity contribution is 9.10. The molecule has 2 rings (SSSR count). The molecular weight excluding hydrogens is 356 g/mol. The Morgan fingerprint density at radius 3 is 2.29 bits per heavy atom. The molecule has 0 saturated heterocycles. The van der Waals surface area contributed by atoms with Crippen molar-refractivity contribution in [3.8, 4) is 5.75 Å². The first-order valence-electron chi connectivity index (χ1n) is 6.08. The Balaban J connectivity index is 2.24. The number of sulfone groups is 1. The van der Waals surface area contributed by atoms with E-state index in [0.717, 1.165) is 0 Å². The molecule has 0 aliphatic heterocycles. The fourth-order valence-corrected chi connectivity index (χ4v) is 4.15. The monoisotopic (exact) mass is 368 g/mol. The van der Waals surface area contributed by atoms with E-state index in [0.29, 0.717) is 15.8 Å². The van der Waals surface area contributed by atoms with Crippen LogP contribution in [0.2, 0.25) is 0 Å². The molecule has 6 heteroatoms. The lowest BCUT2D eigenvalue weighted by atomic mass is 10.1. The third-order valence-corrected chi connectivity index (χ3v) is 5.53. The van der Waals surface area contributed by atoms with Gasteiger partial charge < -0.3 is 4.74 Å². The van der Waals surface area contributed by atoms with E-state index >= 15 is 0 Å². The van der Waals surface area contributed by atoms with Crippen LogP contribution >= 0.6 is 15.9 Å². The number of Topliss-reactive ketones (excluding diaryl/α,β-unsaturated/α-hetero) is 1. The molecule has 0 N–H and O–H groups in total. The van der Waals surface area contributed by atoms with Gasteiger partial charge in [-0.15, -0.1) is 0 Å². The zero-order valence-corrected chi connectivity index (χ0v) is 13.6. The summed E-state index contributed by atoms with van der Waals surface area (Å²) in [4.78, 5) is 12.2. The summed E-state index contributed by atoms with van der Waals surface area (Å²) in [6, 6.07) is 12.8. The minimum absolute atomic E-state index is 0.117. The molecule has 0 amide bonds. The first kappa shape index (κ1) is 15.7. The Hall–Kier alpha value is -1.66. The lowest BCUT2D eigenvalue weighted by Gasteiger charge is -2.06. The Labute approximate surface area is 131 Å². The second kappa shape index (κ2) is 6.41. The van der Waals surface area contributed by atoms with Crippen molar-refractivity contribution in [3.63, 3.8) is 0 Å². The zero-order valence-electron chi connectivity index (χ0n) is 11.2. The second-order valence-electron chi connectivity index (χ2n) is 4.34. The molecule has 0 radical (unpaired) electrons. The lowest BCUT2D eigenvalue weighted by molar-refractivity contribution is 0.102. The van der Waals surface area contributed by atoms with Crippen LogP contribution in [0.4, 0.5) is 0 Å². The maximum Gasteiger partial charge on any atom is 0.186 e. The van der Waals surface area contributed by atoms with Crippen molar-refractivity contribution in [2.75, 3.05) is 12.9 Å². The number of benzene rings is 2. The molecule has 2 aromatic rings. The van der Waals surface area contributed by atoms with Gasteiger partial charge in [-0.2, -0.15) is 0 Å². The van der Waals surface area contributed by atoms with E-state index in [-0.39, 0.29) is 4.90 Å². The first-order chi connectivity index (χ1) is 9.94. The van der Waals surface area contributed by atoms with Crippen molar-refractivity contribution in [1.29, 1.82) is 0 Å². The molecule has 0 saturated carbocycles. The lowest BCUT2D eigenvalue weighted by Crippen LogP contribution is -2.16. The molecule has 0 unspecified atom stereocenters. The number of halogens is 1. The zero-order chi connectivity index (χ0) is 15.5. The molecule has 110 valence electrons. The summed E-state index contributed by atoms with van der Waals surface area (Å²) >= 11 is 3.19. The number of hydrogen-bond donors (Lipinski definition) is 0. The van der Waals surface area contributed by atoms with E-state index in [9.17, 15) is 13.2 Å². The highest BCUT2D eigenvalue weighted by Crippen LogP contribution is 2.23. The van der Waals surface area contributed by atoms with Crippen LogP contribution in [-0.4, -0.2) is 27.1 Å². The van der Waals surface area contributed by atoms with Gasteiger partial charge in [-0.25, -0.2) is 8.42 Å². The summed E-state index contributed by atoms with van der Waals surface area (Å²) in [7, 11) is -2.16. The summed E-state index contributed by atoms with van der Waals surface area (Å²) < 4.78 is 30.0. The second-order valence-corrected chi connectivity index (χ2v) is 7.15. The van der Waals surface area contributed by atoms with Crippen LogP contribution in [-0.2, 0) is 9.84 Å². The maximum atomic E-state index is 12.3. The summed E-state index contributed by atoms with van der Waals surface area (Å²) in [6.45, 7) is 0. The highest BCUT2D eigenvalue weighted by atomic mass is 79.9. The molecule has 4 nitrogen and oxygen atoms in total. The maximum absolute atomic E-state index is 12.3. The van der Waals surface area contributed by atoms with Crippen molar-refractivity contribution in [2.45, 2.75) is 4.90 Å². The Morgan fingerprint density at radius 1 is 1.10 bits per heavy atom. The molecule has 0 bridgehead atoms. The van der Waals surface area contributed by atoms with Gasteiger partial charge in [-0.1, -0.05) is 12.1 Å². The molecule has 21 heavy (non-hydrogen) atoms. The van der Waals surface area contributed by atoms with Gasteiger partial charge in [0.05, 0.1) is 12.0 Å². The van der Waals surface area contributed by atoms with Gasteiger partial charge in [0.15, 0.2) is 15.6 Å². The molecule has 0 heterocycles. The van der Waals surface area contributed by atoms with Crippen LogP contribution in [0.5, 0.6) is 5.75 Å². The highest BCUT2D eigenvalue weighted by Gasteiger charge is 2.22. The molecule has 0 aliphatic carbocycles. The summed E-state index contributed by atoms with van der Waals surface area (Å²) in [5.74, 6) is -0.407. The Bertz CT molecular complexity index is 751. The van der Waals surface area contributed by atoms with Crippen molar-refractivity contribution in [3.05, 3.63) is 58.6 Å². The first-order valence-corrected chi connectivity index (χ1v) is 8.53. The SMILES string of the molecule is COc1ccc(C(=O)CS(=O)(=O)c2ccccc2Br)cc1. The van der Waals surface area contributed by atoms with Crippen molar-refractivity contribution in [1.82, 2.24) is 0 Å². The average Bonchev–Trinajstić information content (AvgIpc) is 2.47. The Morgan fingerprint density at radius 2 is 1.71 bits per heavy atom. The predicted molar refractivity (Wildman–Crippen MR) is 83.5 cm³/mol. The Kier molecular flexibility index (Phi) is 4.80. The molecule has 2 aromatic carbocycles. The van der Waals surface area contributed by atoms with Gasteiger partial charge in [-0.05, 0) is 52.3 Å². The van der Waals surface area contributed by atoms with E-state index in [1.165, 1.54) is 13.2 Å². The van der Waals surface area contributed by atoms with Crippen LogP contribution in [0.3, 0.4) is 0 Å². The summed E-state index contributed by atoms with van der Waals surface area (Å²) in [6.07, 6.45) is 0. The fourth-order valence-electron chi connectivity index (χ4n) is 1.81. The molecule has 0 fully saturated rings.